The molecule has 5 N–H and O–H groups in total. The Morgan fingerprint density at radius 2 is 1.88 bits per heavy atom. The molecule has 1 fully saturated rings. The number of aromatic amines is 1. The molecule has 0 radical (unpaired) electrons. The minimum atomic E-state index is -0.790. The number of anilines is 1. The van der Waals surface area contributed by atoms with E-state index >= 15 is 4.39 Å². The fraction of sp³-hybridized carbons (Fsp3) is 0.273. The van der Waals surface area contributed by atoms with E-state index in [2.05, 4.69) is 15.0 Å². The number of hydrogen-bond donors (Lipinski definition) is 3. The van der Waals surface area contributed by atoms with E-state index in [-0.39, 0.29) is 25.4 Å². The first-order valence-electron chi connectivity index (χ1n) is 10.3. The van der Waals surface area contributed by atoms with Crippen molar-refractivity contribution in [3.05, 3.63) is 69.0 Å². The van der Waals surface area contributed by atoms with Crippen molar-refractivity contribution in [2.75, 3.05) is 31.1 Å². The Kier molecular flexibility index (Phi) is 6.05. The van der Waals surface area contributed by atoms with Crippen LogP contribution in [0.5, 0.6) is 0 Å². The molecule has 2 aromatic heterocycles. The minimum Gasteiger partial charge on any atom is -0.402 e. The van der Waals surface area contributed by atoms with Crippen molar-refractivity contribution < 1.29 is 16.4 Å². The average Bonchev–Trinajstić information content (AvgIpc) is 2.77. The normalized spacial score (nSPS) is 15.2. The molecule has 0 aliphatic carbocycles. The van der Waals surface area contributed by atoms with Crippen molar-refractivity contribution in [1.29, 1.82) is 0 Å². The molecule has 1 saturated heterocycles. The largest absolute Gasteiger partial charge is 0.402 e. The topological polar surface area (TPSA) is 134 Å². The summed E-state index contributed by atoms with van der Waals surface area (Å²) in [4.78, 5) is 37.6. The molecule has 33 heavy (non-hydrogen) atoms. The quantitative estimate of drug-likeness (QED) is 0.496. The molecular formula is C22H27F2N7O2. The van der Waals surface area contributed by atoms with Crippen LogP contribution < -0.4 is 21.9 Å². The smallest absolute Gasteiger partial charge is 0.274 e. The molecule has 9 nitrogen and oxygen atoms in total. The molecule has 3 aromatic rings. The van der Waals surface area contributed by atoms with Gasteiger partial charge in [0.15, 0.2) is 5.82 Å². The van der Waals surface area contributed by atoms with Crippen molar-refractivity contribution in [3.8, 4) is 0 Å². The first kappa shape index (κ1) is 22.3. The van der Waals surface area contributed by atoms with Crippen LogP contribution in [0.25, 0.3) is 17.1 Å². The fourth-order valence-electron chi connectivity index (χ4n) is 3.80. The van der Waals surface area contributed by atoms with Gasteiger partial charge < -0.3 is 21.4 Å². The summed E-state index contributed by atoms with van der Waals surface area (Å²) in [5.74, 6) is -2.07. The van der Waals surface area contributed by atoms with E-state index in [4.69, 9.17) is 11.5 Å². The molecule has 3 heterocycles. The number of benzene rings is 1. The highest BCUT2D eigenvalue weighted by Crippen LogP contribution is 2.22. The van der Waals surface area contributed by atoms with E-state index in [1.54, 1.807) is 19.1 Å². The highest BCUT2D eigenvalue weighted by Gasteiger charge is 2.22. The molecular weight excluding hydrogens is 432 g/mol. The van der Waals surface area contributed by atoms with Gasteiger partial charge >= 0.3 is 0 Å². The highest BCUT2D eigenvalue weighted by atomic mass is 19.1. The van der Waals surface area contributed by atoms with Crippen LogP contribution in [-0.2, 0) is 6.54 Å². The van der Waals surface area contributed by atoms with Crippen molar-refractivity contribution in [1.82, 2.24) is 19.9 Å². The van der Waals surface area contributed by atoms with Crippen LogP contribution >= 0.6 is 0 Å². The molecule has 0 atom stereocenters. The number of piperazine rings is 1. The van der Waals surface area contributed by atoms with E-state index in [9.17, 15) is 14.0 Å². The number of nitrogens with two attached hydrogens (primary N) is 2. The third-order valence-electron chi connectivity index (χ3n) is 5.46. The second-order valence-corrected chi connectivity index (χ2v) is 7.91. The van der Waals surface area contributed by atoms with Gasteiger partial charge in [0.25, 0.3) is 11.5 Å². The summed E-state index contributed by atoms with van der Waals surface area (Å²) in [5, 5.41) is 0. The van der Waals surface area contributed by atoms with Gasteiger partial charge in [-0.3, -0.25) is 14.5 Å². The zero-order valence-electron chi connectivity index (χ0n) is 17.9. The second kappa shape index (κ2) is 8.94. The van der Waals surface area contributed by atoms with Gasteiger partial charge in [-0.25, -0.2) is 14.4 Å². The number of hydrogen-bond acceptors (Lipinski definition) is 7. The van der Waals surface area contributed by atoms with Crippen LogP contribution in [0.1, 0.15) is 31.5 Å². The van der Waals surface area contributed by atoms with Gasteiger partial charge in [-0.05, 0) is 31.2 Å². The van der Waals surface area contributed by atoms with Crippen LogP contribution in [0, 0.1) is 11.8 Å². The van der Waals surface area contributed by atoms with Gasteiger partial charge in [-0.15, -0.1) is 0 Å². The molecule has 1 aliphatic rings. The number of H-pyrrole nitrogens is 1. The van der Waals surface area contributed by atoms with Crippen molar-refractivity contribution in [2.24, 2.45) is 11.5 Å². The number of allylic oxidation sites excluding steroid dienone is 1. The SMILES string of the molecule is C/C(N)=C/c1nc2ccc(CN3CCN(c4ccc(C(N)=O)nc4F)CC3)c(F)c2[nH]c1=O.[HH].[HH]. The van der Waals surface area contributed by atoms with Crippen LogP contribution in [0.4, 0.5) is 14.5 Å². The molecule has 1 aliphatic heterocycles. The lowest BCUT2D eigenvalue weighted by Gasteiger charge is -2.36. The number of nitrogens with one attached hydrogen (secondary N) is 1. The lowest BCUT2D eigenvalue weighted by molar-refractivity contribution is 0.0994. The summed E-state index contributed by atoms with van der Waals surface area (Å²) in [6.45, 7) is 4.07. The average molecular weight is 460 g/mol. The maximum absolute atomic E-state index is 15.1. The molecule has 4 rings (SSSR count). The standard InChI is InChI=1S/C22H23F2N7O2.2H2/c1-12(25)10-16-22(33)29-19-14(27-16)3-2-13(18(19)23)11-30-6-8-31(9-7-30)17-5-4-15(21(26)32)28-20(17)24;;/h2-5,10H,6-9,11,25H2,1H3,(H2,26,32)(H,29,33);2*1H/b12-10-;;. The maximum atomic E-state index is 15.1. The summed E-state index contributed by atoms with van der Waals surface area (Å²) >= 11 is 0. The van der Waals surface area contributed by atoms with E-state index in [0.29, 0.717) is 49.5 Å². The van der Waals surface area contributed by atoms with Gasteiger partial charge in [-0.2, -0.15) is 4.39 Å². The van der Waals surface area contributed by atoms with E-state index in [1.165, 1.54) is 18.2 Å². The van der Waals surface area contributed by atoms with Gasteiger partial charge in [0.05, 0.1) is 11.2 Å². The number of carbonyl (C=O) groups excluding carboxylic acids is 1. The number of halogens is 2. The Labute approximate surface area is 190 Å². The summed E-state index contributed by atoms with van der Waals surface area (Å²) < 4.78 is 29.4. The molecule has 1 aromatic carbocycles. The Balaban J connectivity index is 0.00000216. The predicted octanol–water partition coefficient (Wildman–Crippen LogP) is 1.83. The van der Waals surface area contributed by atoms with E-state index in [1.807, 2.05) is 9.80 Å². The number of rotatable bonds is 5. The monoisotopic (exact) mass is 459 g/mol. The number of pyridine rings is 1. The third kappa shape index (κ3) is 4.67. The Hall–Kier alpha value is -3.86. The molecule has 1 amide bonds. The number of fused-ring (bicyclic) bond motifs is 1. The summed E-state index contributed by atoms with van der Waals surface area (Å²) in [6.07, 6.45) is 1.43. The van der Waals surface area contributed by atoms with Crippen LogP contribution in [0.3, 0.4) is 0 Å². The van der Waals surface area contributed by atoms with E-state index in [0.717, 1.165) is 0 Å². The summed E-state index contributed by atoms with van der Waals surface area (Å²) in [5.41, 5.74) is 11.7. The summed E-state index contributed by atoms with van der Waals surface area (Å²) in [6, 6.07) is 6.18. The van der Waals surface area contributed by atoms with Crippen molar-refractivity contribution in [3.63, 3.8) is 0 Å². The van der Waals surface area contributed by atoms with Crippen molar-refractivity contribution >= 4 is 28.7 Å². The maximum Gasteiger partial charge on any atom is 0.274 e. The number of amides is 1. The molecule has 0 spiro atoms. The lowest BCUT2D eigenvalue weighted by atomic mass is 10.1. The van der Waals surface area contributed by atoms with Crippen LogP contribution in [-0.4, -0.2) is 51.9 Å². The molecule has 0 saturated carbocycles. The molecule has 176 valence electrons. The van der Waals surface area contributed by atoms with E-state index < -0.39 is 23.2 Å². The van der Waals surface area contributed by atoms with Gasteiger partial charge in [0.2, 0.25) is 5.95 Å². The number of nitrogens with zero attached hydrogens (tertiary/aromatic N) is 4. The minimum absolute atomic E-state index is 0. The molecule has 0 unspecified atom stereocenters. The second-order valence-electron chi connectivity index (χ2n) is 7.91. The summed E-state index contributed by atoms with van der Waals surface area (Å²) in [7, 11) is 0. The zero-order valence-corrected chi connectivity index (χ0v) is 17.9. The first-order valence-corrected chi connectivity index (χ1v) is 10.3. The Morgan fingerprint density at radius 1 is 1.15 bits per heavy atom. The number of primary amides is 1. The Morgan fingerprint density at radius 3 is 2.52 bits per heavy atom. The van der Waals surface area contributed by atoms with Gasteiger partial charge in [-0.1, -0.05) is 6.07 Å². The first-order chi connectivity index (χ1) is 15.7. The number of carbonyl (C=O) groups is 1. The Bertz CT molecular complexity index is 1320. The zero-order chi connectivity index (χ0) is 23.7. The molecule has 11 heteroatoms. The molecule has 0 bridgehead atoms. The predicted molar refractivity (Wildman–Crippen MR) is 125 cm³/mol. The van der Waals surface area contributed by atoms with Gasteiger partial charge in [0, 0.05) is 46.8 Å². The van der Waals surface area contributed by atoms with Gasteiger partial charge in [0.1, 0.15) is 16.9 Å². The number of aromatic nitrogens is 3. The van der Waals surface area contributed by atoms with Crippen molar-refractivity contribution in [2.45, 2.75) is 13.5 Å². The fourth-order valence-corrected chi connectivity index (χ4v) is 3.80. The third-order valence-corrected chi connectivity index (χ3v) is 5.46. The lowest BCUT2D eigenvalue weighted by Crippen LogP contribution is -2.46. The van der Waals surface area contributed by atoms with Crippen LogP contribution in [0.2, 0.25) is 0 Å². The van der Waals surface area contributed by atoms with Crippen LogP contribution in [0.15, 0.2) is 34.8 Å². The highest BCUT2D eigenvalue weighted by molar-refractivity contribution is 5.91.